The molecular weight excluding hydrogens is 390 g/mol. The van der Waals surface area contributed by atoms with Gasteiger partial charge >= 0.3 is 0 Å². The summed E-state index contributed by atoms with van der Waals surface area (Å²) in [7, 11) is 0. The van der Waals surface area contributed by atoms with Gasteiger partial charge in [0.15, 0.2) is 0 Å². The van der Waals surface area contributed by atoms with E-state index in [1.54, 1.807) is 42.5 Å². The molecule has 0 bridgehead atoms. The third-order valence-corrected chi connectivity index (χ3v) is 4.74. The molecule has 1 amide bonds. The number of hydrogen-bond acceptors (Lipinski definition) is 4. The topological polar surface area (TPSA) is 84.2 Å². The Hall–Kier alpha value is -3.64. The number of benzene rings is 3. The molecule has 0 saturated heterocycles. The van der Waals surface area contributed by atoms with E-state index in [2.05, 4.69) is 10.3 Å². The number of aromatic nitrogens is 2. The Kier molecular flexibility index (Phi) is 5.01. The maximum atomic E-state index is 12.6. The van der Waals surface area contributed by atoms with E-state index in [4.69, 9.17) is 11.6 Å². The van der Waals surface area contributed by atoms with E-state index >= 15 is 0 Å². The summed E-state index contributed by atoms with van der Waals surface area (Å²) in [6.07, 6.45) is 1.52. The molecule has 0 aliphatic heterocycles. The van der Waals surface area contributed by atoms with Crippen LogP contribution in [0.2, 0.25) is 5.02 Å². The molecule has 0 aliphatic rings. The van der Waals surface area contributed by atoms with Crippen molar-refractivity contribution in [2.45, 2.75) is 6.54 Å². The smallest absolute Gasteiger partial charge is 0.261 e. The van der Waals surface area contributed by atoms with Crippen molar-refractivity contribution in [3.8, 4) is 5.75 Å². The highest BCUT2D eigenvalue weighted by Crippen LogP contribution is 2.27. The lowest BCUT2D eigenvalue weighted by atomic mass is 10.1. The Morgan fingerprint density at radius 3 is 2.62 bits per heavy atom. The summed E-state index contributed by atoms with van der Waals surface area (Å²) in [4.78, 5) is 29.3. The highest BCUT2D eigenvalue weighted by Gasteiger charge is 2.10. The quantitative estimate of drug-likeness (QED) is 0.501. The van der Waals surface area contributed by atoms with Gasteiger partial charge in [0.2, 0.25) is 0 Å². The number of rotatable bonds is 4. The van der Waals surface area contributed by atoms with E-state index in [9.17, 15) is 14.7 Å². The number of hydrogen-bond donors (Lipinski definition) is 2. The minimum atomic E-state index is -0.376. The van der Waals surface area contributed by atoms with Crippen LogP contribution >= 0.6 is 11.6 Å². The Morgan fingerprint density at radius 1 is 1.07 bits per heavy atom. The number of fused-ring (bicyclic) bond motifs is 1. The summed E-state index contributed by atoms with van der Waals surface area (Å²) < 4.78 is 1.53. The van der Waals surface area contributed by atoms with Crippen molar-refractivity contribution < 1.29 is 9.90 Å². The molecule has 0 radical (unpaired) electrons. The van der Waals surface area contributed by atoms with Gasteiger partial charge in [0, 0.05) is 10.6 Å². The molecule has 29 heavy (non-hydrogen) atoms. The zero-order valence-corrected chi connectivity index (χ0v) is 15.9. The molecule has 4 aromatic rings. The first-order valence-corrected chi connectivity index (χ1v) is 9.22. The predicted molar refractivity (Wildman–Crippen MR) is 113 cm³/mol. The van der Waals surface area contributed by atoms with Crippen LogP contribution in [0.5, 0.6) is 5.75 Å². The number of nitrogens with zero attached hydrogens (tertiary/aromatic N) is 2. The number of phenols is 1. The monoisotopic (exact) mass is 405 g/mol. The van der Waals surface area contributed by atoms with Crippen molar-refractivity contribution in [1.82, 2.24) is 9.55 Å². The number of carbonyl (C=O) groups excluding carboxylic acids is 1. The molecular formula is C22H16ClN3O3. The molecule has 7 heteroatoms. The van der Waals surface area contributed by atoms with Crippen LogP contribution in [-0.4, -0.2) is 20.6 Å². The van der Waals surface area contributed by atoms with Gasteiger partial charge in [0.1, 0.15) is 5.75 Å². The molecule has 1 aromatic heterocycles. The largest absolute Gasteiger partial charge is 0.506 e. The van der Waals surface area contributed by atoms with Crippen molar-refractivity contribution in [2.75, 3.05) is 5.32 Å². The summed E-state index contributed by atoms with van der Waals surface area (Å²) in [5.74, 6) is -0.443. The Bertz CT molecular complexity index is 1270. The normalized spacial score (nSPS) is 10.8. The molecule has 3 aromatic carbocycles. The number of aromatic hydroxyl groups is 1. The molecule has 0 aliphatic carbocycles. The Morgan fingerprint density at radius 2 is 1.83 bits per heavy atom. The van der Waals surface area contributed by atoms with Crippen LogP contribution in [0.4, 0.5) is 5.69 Å². The fraction of sp³-hybridized carbons (Fsp3) is 0.0455. The summed E-state index contributed by atoms with van der Waals surface area (Å²) in [6, 6.07) is 18.5. The molecule has 1 heterocycles. The van der Waals surface area contributed by atoms with Crippen LogP contribution in [0.1, 0.15) is 15.9 Å². The number of halogens is 1. The molecule has 6 nitrogen and oxygen atoms in total. The van der Waals surface area contributed by atoms with E-state index < -0.39 is 0 Å². The zero-order valence-electron chi connectivity index (χ0n) is 15.2. The van der Waals surface area contributed by atoms with E-state index in [1.165, 1.54) is 29.1 Å². The third-order valence-electron chi connectivity index (χ3n) is 4.51. The average Bonchev–Trinajstić information content (AvgIpc) is 2.73. The van der Waals surface area contributed by atoms with Gasteiger partial charge < -0.3 is 10.4 Å². The van der Waals surface area contributed by atoms with Crippen LogP contribution in [-0.2, 0) is 6.54 Å². The van der Waals surface area contributed by atoms with Gasteiger partial charge in [-0.2, -0.15) is 0 Å². The second-order valence-electron chi connectivity index (χ2n) is 6.51. The molecule has 144 valence electrons. The lowest BCUT2D eigenvalue weighted by molar-refractivity contribution is 0.102. The van der Waals surface area contributed by atoms with Crippen molar-refractivity contribution in [2.24, 2.45) is 0 Å². The van der Waals surface area contributed by atoms with Crippen LogP contribution in [0.3, 0.4) is 0 Å². The Balaban J connectivity index is 1.52. The van der Waals surface area contributed by atoms with Crippen LogP contribution in [0, 0.1) is 0 Å². The minimum absolute atomic E-state index is 0.0671. The first-order valence-electron chi connectivity index (χ1n) is 8.84. The maximum absolute atomic E-state index is 12.6. The van der Waals surface area contributed by atoms with Crippen LogP contribution < -0.4 is 10.9 Å². The van der Waals surface area contributed by atoms with Gasteiger partial charge in [-0.25, -0.2) is 4.98 Å². The predicted octanol–water partition coefficient (Wildman–Crippen LogP) is 4.06. The number of phenolic OH excluding ortho intramolecular Hbond substituents is 1. The highest BCUT2D eigenvalue weighted by atomic mass is 35.5. The second kappa shape index (κ2) is 7.77. The number of para-hydroxylation sites is 1. The Labute approximate surface area is 171 Å². The van der Waals surface area contributed by atoms with Gasteiger partial charge in [-0.15, -0.1) is 0 Å². The SMILES string of the molecule is O=C(Nc1cc(Cl)ccc1O)c1ccc(Cn2cnc3ccccc3c2=O)cc1. The van der Waals surface area contributed by atoms with Gasteiger partial charge in [-0.05, 0) is 48.0 Å². The molecule has 0 saturated carbocycles. The minimum Gasteiger partial charge on any atom is -0.506 e. The summed E-state index contributed by atoms with van der Waals surface area (Å²) in [5, 5.41) is 13.4. The molecule has 4 rings (SSSR count). The molecule has 0 fully saturated rings. The van der Waals surface area contributed by atoms with E-state index in [1.807, 2.05) is 6.07 Å². The van der Waals surface area contributed by atoms with Gasteiger partial charge in [0.25, 0.3) is 11.5 Å². The van der Waals surface area contributed by atoms with Gasteiger partial charge in [-0.3, -0.25) is 14.2 Å². The van der Waals surface area contributed by atoms with Crippen molar-refractivity contribution in [1.29, 1.82) is 0 Å². The fourth-order valence-corrected chi connectivity index (χ4v) is 3.15. The fourth-order valence-electron chi connectivity index (χ4n) is 2.98. The number of nitrogens with one attached hydrogen (secondary N) is 1. The average molecular weight is 406 g/mol. The molecule has 2 N–H and O–H groups in total. The number of amides is 1. The van der Waals surface area contributed by atoms with Gasteiger partial charge in [0.05, 0.1) is 29.5 Å². The van der Waals surface area contributed by atoms with Crippen molar-refractivity contribution >= 4 is 34.1 Å². The summed E-state index contributed by atoms with van der Waals surface area (Å²) in [5.41, 5.74) is 2.04. The summed E-state index contributed by atoms with van der Waals surface area (Å²) in [6.45, 7) is 0.341. The third kappa shape index (κ3) is 3.97. The standard InChI is InChI=1S/C22H16ClN3O3/c23-16-9-10-20(27)19(11-16)25-21(28)15-7-5-14(6-8-15)12-26-13-24-18-4-2-1-3-17(18)22(26)29/h1-11,13,27H,12H2,(H,25,28). The second-order valence-corrected chi connectivity index (χ2v) is 6.94. The first-order chi connectivity index (χ1) is 14.0. The van der Waals surface area contributed by atoms with E-state index in [0.717, 1.165) is 5.56 Å². The first kappa shape index (κ1) is 18.7. The lowest BCUT2D eigenvalue weighted by Gasteiger charge is -2.09. The lowest BCUT2D eigenvalue weighted by Crippen LogP contribution is -2.21. The molecule has 0 spiro atoms. The summed E-state index contributed by atoms with van der Waals surface area (Å²) >= 11 is 5.90. The maximum Gasteiger partial charge on any atom is 0.261 e. The van der Waals surface area contributed by atoms with Crippen LogP contribution in [0.15, 0.2) is 77.9 Å². The van der Waals surface area contributed by atoms with Crippen molar-refractivity contribution in [3.05, 3.63) is 99.6 Å². The zero-order chi connectivity index (χ0) is 20.4. The number of anilines is 1. The van der Waals surface area contributed by atoms with Crippen LogP contribution in [0.25, 0.3) is 10.9 Å². The number of carbonyl (C=O) groups is 1. The van der Waals surface area contributed by atoms with Crippen molar-refractivity contribution in [3.63, 3.8) is 0 Å². The molecule has 0 atom stereocenters. The van der Waals surface area contributed by atoms with E-state index in [0.29, 0.717) is 28.0 Å². The highest BCUT2D eigenvalue weighted by molar-refractivity contribution is 6.31. The van der Waals surface area contributed by atoms with Gasteiger partial charge in [-0.1, -0.05) is 35.9 Å². The van der Waals surface area contributed by atoms with E-state index in [-0.39, 0.29) is 22.9 Å². The molecule has 0 unspecified atom stereocenters.